The SMILES string of the molecule is CN(Cc1cccc(Cl)c1)C(=O)Cn1ccc(C(F)(F)F)n1. The lowest BCUT2D eigenvalue weighted by Crippen LogP contribution is -2.30. The fourth-order valence-electron chi connectivity index (χ4n) is 1.86. The molecular formula is C14H13ClF3N3O. The smallest absolute Gasteiger partial charge is 0.340 e. The number of carbonyl (C=O) groups is 1. The summed E-state index contributed by atoms with van der Waals surface area (Å²) in [6, 6.07) is 7.85. The van der Waals surface area contributed by atoms with E-state index in [1.54, 1.807) is 25.2 Å². The first kappa shape index (κ1) is 16.4. The minimum absolute atomic E-state index is 0.257. The normalized spacial score (nSPS) is 11.5. The fraction of sp³-hybridized carbons (Fsp3) is 0.286. The molecular weight excluding hydrogens is 319 g/mol. The zero-order chi connectivity index (χ0) is 16.3. The number of amides is 1. The summed E-state index contributed by atoms with van der Waals surface area (Å²) in [7, 11) is 1.57. The summed E-state index contributed by atoms with van der Waals surface area (Å²) in [5.74, 6) is -0.350. The highest BCUT2D eigenvalue weighted by Crippen LogP contribution is 2.27. The molecule has 0 aliphatic carbocycles. The Labute approximate surface area is 130 Å². The van der Waals surface area contributed by atoms with Gasteiger partial charge in [-0.2, -0.15) is 18.3 Å². The number of rotatable bonds is 4. The van der Waals surface area contributed by atoms with E-state index in [0.717, 1.165) is 22.5 Å². The van der Waals surface area contributed by atoms with E-state index in [1.807, 2.05) is 6.07 Å². The molecule has 2 aromatic rings. The van der Waals surface area contributed by atoms with Gasteiger partial charge in [0.05, 0.1) is 0 Å². The van der Waals surface area contributed by atoms with E-state index in [9.17, 15) is 18.0 Å². The van der Waals surface area contributed by atoms with E-state index in [1.165, 1.54) is 4.90 Å². The van der Waals surface area contributed by atoms with E-state index in [2.05, 4.69) is 5.10 Å². The third kappa shape index (κ3) is 4.24. The summed E-state index contributed by atoms with van der Waals surface area (Å²) in [4.78, 5) is 13.4. The van der Waals surface area contributed by atoms with Crippen LogP contribution in [0.3, 0.4) is 0 Å². The third-order valence-electron chi connectivity index (χ3n) is 2.96. The van der Waals surface area contributed by atoms with Gasteiger partial charge in [-0.1, -0.05) is 23.7 Å². The van der Waals surface area contributed by atoms with Crippen LogP contribution in [0.2, 0.25) is 5.02 Å². The second kappa shape index (κ2) is 6.39. The number of alkyl halides is 3. The Morgan fingerprint density at radius 1 is 1.36 bits per heavy atom. The predicted molar refractivity (Wildman–Crippen MR) is 75.2 cm³/mol. The van der Waals surface area contributed by atoms with Crippen molar-refractivity contribution in [3.8, 4) is 0 Å². The number of halogens is 4. The number of carbonyl (C=O) groups excluding carboxylic acids is 1. The number of benzene rings is 1. The molecule has 4 nitrogen and oxygen atoms in total. The second-order valence-electron chi connectivity index (χ2n) is 4.78. The van der Waals surface area contributed by atoms with Crippen LogP contribution >= 0.6 is 11.6 Å². The van der Waals surface area contributed by atoms with Crippen LogP contribution in [0, 0.1) is 0 Å². The van der Waals surface area contributed by atoms with Crippen LogP contribution in [0.15, 0.2) is 36.5 Å². The van der Waals surface area contributed by atoms with Crippen molar-refractivity contribution in [1.82, 2.24) is 14.7 Å². The molecule has 0 fully saturated rings. The molecule has 0 saturated carbocycles. The summed E-state index contributed by atoms with van der Waals surface area (Å²) in [6.45, 7) is 0.0555. The molecule has 0 aliphatic rings. The highest BCUT2D eigenvalue weighted by Gasteiger charge is 2.33. The van der Waals surface area contributed by atoms with Crippen LogP contribution in [0.1, 0.15) is 11.3 Å². The van der Waals surface area contributed by atoms with Crippen molar-refractivity contribution in [3.63, 3.8) is 0 Å². The monoisotopic (exact) mass is 331 g/mol. The van der Waals surface area contributed by atoms with E-state index < -0.39 is 11.9 Å². The summed E-state index contributed by atoms with van der Waals surface area (Å²) in [6.07, 6.45) is -3.38. The van der Waals surface area contributed by atoms with E-state index in [0.29, 0.717) is 11.6 Å². The molecule has 1 heterocycles. The first-order chi connectivity index (χ1) is 10.3. The molecule has 2 rings (SSSR count). The lowest BCUT2D eigenvalue weighted by molar-refractivity contribution is -0.142. The van der Waals surface area contributed by atoms with Crippen LogP contribution in [-0.4, -0.2) is 27.6 Å². The van der Waals surface area contributed by atoms with Gasteiger partial charge in [-0.15, -0.1) is 0 Å². The molecule has 1 aromatic heterocycles. The summed E-state index contributed by atoms with van der Waals surface area (Å²) >= 11 is 5.86. The summed E-state index contributed by atoms with van der Waals surface area (Å²) in [5.41, 5.74) is -0.183. The molecule has 1 aromatic carbocycles. The first-order valence-corrected chi connectivity index (χ1v) is 6.72. The molecule has 0 aliphatic heterocycles. The highest BCUT2D eigenvalue weighted by molar-refractivity contribution is 6.30. The molecule has 118 valence electrons. The quantitative estimate of drug-likeness (QED) is 0.863. The van der Waals surface area contributed by atoms with Gasteiger partial charge < -0.3 is 4.90 Å². The van der Waals surface area contributed by atoms with Gasteiger partial charge in [-0.3, -0.25) is 9.48 Å². The zero-order valence-corrected chi connectivity index (χ0v) is 12.4. The first-order valence-electron chi connectivity index (χ1n) is 6.35. The standard InChI is InChI=1S/C14H13ClF3N3O/c1-20(8-10-3-2-4-11(15)7-10)13(22)9-21-6-5-12(19-21)14(16,17)18/h2-7H,8-9H2,1H3. The van der Waals surface area contributed by atoms with Crippen LogP contribution in [0.4, 0.5) is 13.2 Å². The maximum Gasteiger partial charge on any atom is 0.435 e. The fourth-order valence-corrected chi connectivity index (χ4v) is 2.07. The van der Waals surface area contributed by atoms with Crippen molar-refractivity contribution in [2.45, 2.75) is 19.3 Å². The third-order valence-corrected chi connectivity index (χ3v) is 3.20. The topological polar surface area (TPSA) is 38.1 Å². The maximum atomic E-state index is 12.4. The van der Waals surface area contributed by atoms with Gasteiger partial charge in [0, 0.05) is 24.8 Å². The van der Waals surface area contributed by atoms with Crippen molar-refractivity contribution in [3.05, 3.63) is 52.8 Å². The highest BCUT2D eigenvalue weighted by atomic mass is 35.5. The van der Waals surface area contributed by atoms with Crippen molar-refractivity contribution >= 4 is 17.5 Å². The van der Waals surface area contributed by atoms with Gasteiger partial charge in [0.15, 0.2) is 5.69 Å². The van der Waals surface area contributed by atoms with Crippen molar-refractivity contribution in [2.75, 3.05) is 7.05 Å². The summed E-state index contributed by atoms with van der Waals surface area (Å²) in [5, 5.41) is 3.90. The van der Waals surface area contributed by atoms with E-state index in [4.69, 9.17) is 11.6 Å². The molecule has 0 atom stereocenters. The Bertz CT molecular complexity index is 669. The predicted octanol–water partition coefficient (Wildman–Crippen LogP) is 3.21. The lowest BCUT2D eigenvalue weighted by atomic mass is 10.2. The Hall–Kier alpha value is -2.02. The molecule has 22 heavy (non-hydrogen) atoms. The number of aromatic nitrogens is 2. The van der Waals surface area contributed by atoms with Gasteiger partial charge in [0.1, 0.15) is 6.54 Å². The van der Waals surface area contributed by atoms with Crippen LogP contribution in [0.5, 0.6) is 0 Å². The second-order valence-corrected chi connectivity index (χ2v) is 5.21. The molecule has 0 N–H and O–H groups in total. The van der Waals surface area contributed by atoms with Crippen molar-refractivity contribution in [1.29, 1.82) is 0 Å². The van der Waals surface area contributed by atoms with Gasteiger partial charge in [-0.25, -0.2) is 0 Å². The maximum absolute atomic E-state index is 12.4. The molecule has 0 spiro atoms. The Balaban J connectivity index is 1.98. The van der Waals surface area contributed by atoms with Crippen molar-refractivity contribution in [2.24, 2.45) is 0 Å². The Kier molecular flexibility index (Phi) is 4.75. The largest absolute Gasteiger partial charge is 0.435 e. The van der Waals surface area contributed by atoms with Crippen LogP contribution in [-0.2, 0) is 24.1 Å². The Morgan fingerprint density at radius 3 is 2.68 bits per heavy atom. The number of likely N-dealkylation sites (N-methyl/N-ethyl adjacent to an activating group) is 1. The minimum atomic E-state index is -4.51. The number of nitrogens with zero attached hydrogens (tertiary/aromatic N) is 3. The van der Waals surface area contributed by atoms with Crippen LogP contribution in [0.25, 0.3) is 0 Å². The molecule has 1 amide bonds. The molecule has 8 heteroatoms. The van der Waals surface area contributed by atoms with Crippen molar-refractivity contribution < 1.29 is 18.0 Å². The Morgan fingerprint density at radius 2 is 2.09 bits per heavy atom. The van der Waals surface area contributed by atoms with Gasteiger partial charge in [0.25, 0.3) is 0 Å². The van der Waals surface area contributed by atoms with Gasteiger partial charge in [0.2, 0.25) is 5.91 Å². The molecule has 0 unspecified atom stereocenters. The van der Waals surface area contributed by atoms with Gasteiger partial charge >= 0.3 is 6.18 Å². The molecule has 0 radical (unpaired) electrons. The average Bonchev–Trinajstić information content (AvgIpc) is 2.87. The van der Waals surface area contributed by atoms with E-state index >= 15 is 0 Å². The summed E-state index contributed by atoms with van der Waals surface area (Å²) < 4.78 is 38.3. The molecule has 0 saturated heterocycles. The van der Waals surface area contributed by atoms with E-state index in [-0.39, 0.29) is 12.5 Å². The molecule has 0 bridgehead atoms. The van der Waals surface area contributed by atoms with Gasteiger partial charge in [-0.05, 0) is 23.8 Å². The number of hydrogen-bond donors (Lipinski definition) is 0. The lowest BCUT2D eigenvalue weighted by Gasteiger charge is -2.17. The van der Waals surface area contributed by atoms with Crippen LogP contribution < -0.4 is 0 Å². The number of hydrogen-bond acceptors (Lipinski definition) is 2. The average molecular weight is 332 g/mol. The zero-order valence-electron chi connectivity index (χ0n) is 11.6. The minimum Gasteiger partial charge on any atom is -0.340 e.